The summed E-state index contributed by atoms with van der Waals surface area (Å²) in [6, 6.07) is 11.2. The molecular formula is C17H18O5. The third kappa shape index (κ3) is 4.15. The van der Waals surface area contributed by atoms with Crippen molar-refractivity contribution in [1.82, 2.24) is 0 Å². The number of hydrogen-bond acceptors (Lipinski definition) is 5. The Morgan fingerprint density at radius 3 is 2.23 bits per heavy atom. The van der Waals surface area contributed by atoms with Crippen LogP contribution in [0, 0.1) is 0 Å². The minimum atomic E-state index is -0.551. The molecule has 0 radical (unpaired) electrons. The molecule has 0 aliphatic carbocycles. The number of rotatable bonds is 5. The lowest BCUT2D eigenvalue weighted by atomic mass is 10.0. The van der Waals surface area contributed by atoms with Gasteiger partial charge in [0.25, 0.3) is 0 Å². The van der Waals surface area contributed by atoms with Crippen molar-refractivity contribution in [2.24, 2.45) is 0 Å². The van der Waals surface area contributed by atoms with Gasteiger partial charge in [0, 0.05) is 6.07 Å². The lowest BCUT2D eigenvalue weighted by molar-refractivity contribution is -0.136. The van der Waals surface area contributed by atoms with Crippen molar-refractivity contribution in [2.75, 3.05) is 6.61 Å². The quantitative estimate of drug-likeness (QED) is 0.504. The van der Waals surface area contributed by atoms with Crippen LogP contribution < -0.4 is 9.47 Å². The molecule has 5 nitrogen and oxygen atoms in total. The lowest BCUT2D eigenvalue weighted by Gasteiger charge is -2.09. The Labute approximate surface area is 128 Å². The van der Waals surface area contributed by atoms with Crippen LogP contribution in [0.4, 0.5) is 0 Å². The van der Waals surface area contributed by atoms with Crippen LogP contribution in [-0.4, -0.2) is 22.8 Å². The normalized spacial score (nSPS) is 10.5. The van der Waals surface area contributed by atoms with Crippen LogP contribution >= 0.6 is 0 Å². The molecule has 0 saturated carbocycles. The SMILES string of the molecule is CC(C)c1ccc(OC(=O)COc2ccc(O)c(O)c2)cc1. The van der Waals surface area contributed by atoms with Crippen molar-refractivity contribution in [3.8, 4) is 23.0 Å². The summed E-state index contributed by atoms with van der Waals surface area (Å²) in [6.45, 7) is 3.88. The zero-order valence-electron chi connectivity index (χ0n) is 12.4. The number of esters is 1. The molecule has 0 aromatic heterocycles. The van der Waals surface area contributed by atoms with Crippen LogP contribution in [0.1, 0.15) is 25.3 Å². The first-order valence-corrected chi connectivity index (χ1v) is 6.91. The first kappa shape index (κ1) is 15.7. The molecule has 0 bridgehead atoms. The molecule has 0 amide bonds. The topological polar surface area (TPSA) is 76.0 Å². The van der Waals surface area contributed by atoms with Crippen molar-refractivity contribution in [3.05, 3.63) is 48.0 Å². The van der Waals surface area contributed by atoms with E-state index < -0.39 is 5.97 Å². The van der Waals surface area contributed by atoms with E-state index >= 15 is 0 Å². The standard InChI is InChI=1S/C17H18O5/c1-11(2)12-3-5-13(6-4-12)22-17(20)10-21-14-7-8-15(18)16(19)9-14/h3-9,11,18-19H,10H2,1-2H3. The summed E-state index contributed by atoms with van der Waals surface area (Å²) < 4.78 is 10.3. The summed E-state index contributed by atoms with van der Waals surface area (Å²) in [5.41, 5.74) is 1.16. The predicted octanol–water partition coefficient (Wildman–Crippen LogP) is 3.21. The summed E-state index contributed by atoms with van der Waals surface area (Å²) in [4.78, 5) is 11.7. The van der Waals surface area contributed by atoms with Crippen LogP contribution in [-0.2, 0) is 4.79 Å². The second-order valence-corrected chi connectivity index (χ2v) is 5.14. The highest BCUT2D eigenvalue weighted by Gasteiger charge is 2.08. The van der Waals surface area contributed by atoms with Crippen LogP contribution in [0.5, 0.6) is 23.0 Å². The minimum absolute atomic E-state index is 0.250. The molecule has 0 aliphatic heterocycles. The molecule has 0 unspecified atom stereocenters. The van der Waals surface area contributed by atoms with Gasteiger partial charge in [0.15, 0.2) is 18.1 Å². The highest BCUT2D eigenvalue weighted by Crippen LogP contribution is 2.28. The Balaban J connectivity index is 1.88. The van der Waals surface area contributed by atoms with Crippen molar-refractivity contribution >= 4 is 5.97 Å². The third-order valence-corrected chi connectivity index (χ3v) is 3.08. The maximum Gasteiger partial charge on any atom is 0.349 e. The number of phenolic OH excluding ortho intramolecular Hbond substituents is 2. The first-order chi connectivity index (χ1) is 10.5. The van der Waals surface area contributed by atoms with Crippen molar-refractivity contribution in [2.45, 2.75) is 19.8 Å². The Bertz CT molecular complexity index is 647. The maximum atomic E-state index is 11.7. The Hall–Kier alpha value is -2.69. The molecule has 22 heavy (non-hydrogen) atoms. The highest BCUT2D eigenvalue weighted by atomic mass is 16.6. The van der Waals surface area contributed by atoms with E-state index in [-0.39, 0.29) is 23.9 Å². The van der Waals surface area contributed by atoms with E-state index in [0.717, 1.165) is 5.56 Å². The fourth-order valence-corrected chi connectivity index (χ4v) is 1.82. The largest absolute Gasteiger partial charge is 0.504 e. The monoisotopic (exact) mass is 302 g/mol. The number of ether oxygens (including phenoxy) is 2. The zero-order chi connectivity index (χ0) is 16.1. The molecule has 0 fully saturated rings. The fraction of sp³-hybridized carbons (Fsp3) is 0.235. The fourth-order valence-electron chi connectivity index (χ4n) is 1.82. The highest BCUT2D eigenvalue weighted by molar-refractivity contribution is 5.74. The average molecular weight is 302 g/mol. The van der Waals surface area contributed by atoms with Gasteiger partial charge in [-0.2, -0.15) is 0 Å². The van der Waals surface area contributed by atoms with Crippen LogP contribution in [0.2, 0.25) is 0 Å². The van der Waals surface area contributed by atoms with E-state index in [4.69, 9.17) is 9.47 Å². The van der Waals surface area contributed by atoms with Gasteiger partial charge in [0.1, 0.15) is 11.5 Å². The molecule has 0 atom stereocenters. The van der Waals surface area contributed by atoms with Gasteiger partial charge < -0.3 is 19.7 Å². The van der Waals surface area contributed by atoms with Gasteiger partial charge in [-0.05, 0) is 35.7 Å². The van der Waals surface area contributed by atoms with Gasteiger partial charge in [-0.1, -0.05) is 26.0 Å². The lowest BCUT2D eigenvalue weighted by Crippen LogP contribution is -2.17. The van der Waals surface area contributed by atoms with Gasteiger partial charge in [-0.3, -0.25) is 0 Å². The number of carbonyl (C=O) groups excluding carboxylic acids is 1. The minimum Gasteiger partial charge on any atom is -0.504 e. The Morgan fingerprint density at radius 2 is 1.64 bits per heavy atom. The molecule has 0 aliphatic rings. The van der Waals surface area contributed by atoms with E-state index in [1.54, 1.807) is 12.1 Å². The van der Waals surface area contributed by atoms with Gasteiger partial charge in [-0.25, -0.2) is 4.79 Å². The van der Waals surface area contributed by atoms with E-state index in [0.29, 0.717) is 11.7 Å². The molecule has 0 heterocycles. The maximum absolute atomic E-state index is 11.7. The number of hydrogen-bond donors (Lipinski definition) is 2. The molecule has 2 N–H and O–H groups in total. The Morgan fingerprint density at radius 1 is 1.00 bits per heavy atom. The van der Waals surface area contributed by atoms with Crippen molar-refractivity contribution < 1.29 is 24.5 Å². The van der Waals surface area contributed by atoms with Gasteiger partial charge in [-0.15, -0.1) is 0 Å². The molecule has 116 valence electrons. The third-order valence-electron chi connectivity index (χ3n) is 3.08. The van der Waals surface area contributed by atoms with E-state index in [2.05, 4.69) is 13.8 Å². The Kier molecular flexibility index (Phi) is 4.88. The number of phenols is 2. The molecule has 0 spiro atoms. The van der Waals surface area contributed by atoms with Gasteiger partial charge >= 0.3 is 5.97 Å². The van der Waals surface area contributed by atoms with Gasteiger partial charge in [0.2, 0.25) is 0 Å². The average Bonchev–Trinajstić information content (AvgIpc) is 2.49. The van der Waals surface area contributed by atoms with Crippen LogP contribution in [0.25, 0.3) is 0 Å². The number of carbonyl (C=O) groups is 1. The second kappa shape index (κ2) is 6.85. The molecule has 2 aromatic rings. The van der Waals surface area contributed by atoms with E-state index in [1.165, 1.54) is 18.2 Å². The summed E-state index contributed by atoms with van der Waals surface area (Å²) in [6.07, 6.45) is 0. The van der Waals surface area contributed by atoms with Crippen molar-refractivity contribution in [3.63, 3.8) is 0 Å². The number of benzene rings is 2. The van der Waals surface area contributed by atoms with Gasteiger partial charge in [0.05, 0.1) is 0 Å². The molecule has 2 rings (SSSR count). The van der Waals surface area contributed by atoms with Crippen molar-refractivity contribution in [1.29, 1.82) is 0 Å². The molecular weight excluding hydrogens is 284 g/mol. The predicted molar refractivity (Wildman–Crippen MR) is 81.4 cm³/mol. The second-order valence-electron chi connectivity index (χ2n) is 5.14. The van der Waals surface area contributed by atoms with E-state index in [9.17, 15) is 15.0 Å². The summed E-state index contributed by atoms with van der Waals surface area (Å²) in [5, 5.41) is 18.5. The zero-order valence-corrected chi connectivity index (χ0v) is 12.4. The first-order valence-electron chi connectivity index (χ1n) is 6.91. The molecule has 5 heteroatoms. The van der Waals surface area contributed by atoms with Crippen LogP contribution in [0.3, 0.4) is 0 Å². The summed E-state index contributed by atoms with van der Waals surface area (Å²) in [7, 11) is 0. The summed E-state index contributed by atoms with van der Waals surface area (Å²) >= 11 is 0. The number of aromatic hydroxyl groups is 2. The smallest absolute Gasteiger partial charge is 0.349 e. The van der Waals surface area contributed by atoms with Crippen LogP contribution in [0.15, 0.2) is 42.5 Å². The van der Waals surface area contributed by atoms with E-state index in [1.807, 2.05) is 12.1 Å². The summed E-state index contributed by atoms with van der Waals surface area (Å²) in [5.74, 6) is 0.0180. The molecule has 0 saturated heterocycles. The molecule has 2 aromatic carbocycles.